The molecule has 0 saturated carbocycles. The molecule has 0 fully saturated rings. The third kappa shape index (κ3) is 7.97. The molecule has 0 aromatic heterocycles. The minimum atomic E-state index is -1.14. The van der Waals surface area contributed by atoms with E-state index in [0.717, 1.165) is 25.7 Å². The maximum Gasteiger partial charge on any atom is 0.317 e. The normalized spacial score (nSPS) is 12.1. The monoisotopic (exact) mass is 216 g/mol. The molecule has 4 nitrogen and oxygen atoms in total. The summed E-state index contributed by atoms with van der Waals surface area (Å²) in [7, 11) is 0. The highest BCUT2D eigenvalue weighted by atomic mass is 16.5. The number of carboxylic acid groups (broad SMARTS) is 1. The van der Waals surface area contributed by atoms with Gasteiger partial charge in [-0.2, -0.15) is 0 Å². The molecular weight excluding hydrogens is 196 g/mol. The van der Waals surface area contributed by atoms with E-state index in [2.05, 4.69) is 6.92 Å². The van der Waals surface area contributed by atoms with Crippen LogP contribution in [0, 0.1) is 5.92 Å². The molecule has 1 N–H and O–H groups in total. The molecule has 0 amide bonds. The Kier molecular flexibility index (Phi) is 7.68. The lowest BCUT2D eigenvalue weighted by molar-refractivity contribution is -0.152. The van der Waals surface area contributed by atoms with Gasteiger partial charge in [0.15, 0.2) is 0 Å². The third-order valence-corrected chi connectivity index (χ3v) is 2.32. The Morgan fingerprint density at radius 3 is 2.47 bits per heavy atom. The van der Waals surface area contributed by atoms with E-state index in [4.69, 9.17) is 9.84 Å². The summed E-state index contributed by atoms with van der Waals surface area (Å²) in [6, 6.07) is 0. The Bertz CT molecular complexity index is 201. The molecule has 1 atom stereocenters. The Labute approximate surface area is 90.6 Å². The number of rotatable bonds is 8. The van der Waals surface area contributed by atoms with Gasteiger partial charge in [-0.05, 0) is 12.3 Å². The second-order valence-corrected chi connectivity index (χ2v) is 3.67. The lowest BCUT2D eigenvalue weighted by Crippen LogP contribution is -2.16. The molecule has 4 heteroatoms. The third-order valence-electron chi connectivity index (χ3n) is 2.32. The van der Waals surface area contributed by atoms with Crippen molar-refractivity contribution in [2.45, 2.75) is 46.0 Å². The highest BCUT2D eigenvalue weighted by molar-refractivity contribution is 5.90. The summed E-state index contributed by atoms with van der Waals surface area (Å²) in [6.07, 6.45) is 3.70. The van der Waals surface area contributed by atoms with Gasteiger partial charge in [0.1, 0.15) is 6.42 Å². The van der Waals surface area contributed by atoms with Crippen LogP contribution in [0.2, 0.25) is 0 Å². The molecule has 0 spiro atoms. The Morgan fingerprint density at radius 1 is 1.33 bits per heavy atom. The molecule has 0 heterocycles. The van der Waals surface area contributed by atoms with Crippen molar-refractivity contribution in [3.8, 4) is 0 Å². The second-order valence-electron chi connectivity index (χ2n) is 3.67. The van der Waals surface area contributed by atoms with Crippen LogP contribution < -0.4 is 0 Å². The van der Waals surface area contributed by atoms with E-state index in [-0.39, 0.29) is 0 Å². The molecule has 88 valence electrons. The molecule has 0 radical (unpaired) electrons. The van der Waals surface area contributed by atoms with Crippen molar-refractivity contribution in [3.05, 3.63) is 0 Å². The lowest BCUT2D eigenvalue weighted by atomic mass is 10.0. The van der Waals surface area contributed by atoms with E-state index in [1.54, 1.807) is 0 Å². The predicted octanol–water partition coefficient (Wildman–Crippen LogP) is 2.22. The van der Waals surface area contributed by atoms with Crippen molar-refractivity contribution in [1.29, 1.82) is 0 Å². The van der Waals surface area contributed by atoms with Gasteiger partial charge in [0.25, 0.3) is 0 Å². The van der Waals surface area contributed by atoms with Gasteiger partial charge < -0.3 is 9.84 Å². The van der Waals surface area contributed by atoms with E-state index in [1.165, 1.54) is 0 Å². The van der Waals surface area contributed by atoms with E-state index < -0.39 is 18.4 Å². The van der Waals surface area contributed by atoms with Gasteiger partial charge in [0.05, 0.1) is 6.61 Å². The molecule has 1 unspecified atom stereocenters. The van der Waals surface area contributed by atoms with Crippen LogP contribution in [0.4, 0.5) is 0 Å². The van der Waals surface area contributed by atoms with Crippen LogP contribution in [0.3, 0.4) is 0 Å². The zero-order chi connectivity index (χ0) is 11.7. The fourth-order valence-corrected chi connectivity index (χ4v) is 1.28. The van der Waals surface area contributed by atoms with Crippen LogP contribution in [0.25, 0.3) is 0 Å². The van der Waals surface area contributed by atoms with E-state index in [0.29, 0.717) is 12.5 Å². The van der Waals surface area contributed by atoms with Crippen LogP contribution in [0.15, 0.2) is 0 Å². The Morgan fingerprint density at radius 2 is 2.00 bits per heavy atom. The topological polar surface area (TPSA) is 63.6 Å². The van der Waals surface area contributed by atoms with Gasteiger partial charge >= 0.3 is 11.9 Å². The predicted molar refractivity (Wildman–Crippen MR) is 56.5 cm³/mol. The van der Waals surface area contributed by atoms with E-state index in [1.807, 2.05) is 6.92 Å². The molecule has 0 aromatic carbocycles. The number of carbonyl (C=O) groups excluding carboxylic acids is 1. The van der Waals surface area contributed by atoms with Crippen molar-refractivity contribution >= 4 is 11.9 Å². The highest BCUT2D eigenvalue weighted by Gasteiger charge is 2.12. The fourth-order valence-electron chi connectivity index (χ4n) is 1.28. The summed E-state index contributed by atoms with van der Waals surface area (Å²) in [5.41, 5.74) is 0. The van der Waals surface area contributed by atoms with Crippen molar-refractivity contribution in [2.75, 3.05) is 6.61 Å². The molecule has 0 aliphatic rings. The zero-order valence-electron chi connectivity index (χ0n) is 9.49. The van der Waals surface area contributed by atoms with E-state index in [9.17, 15) is 9.59 Å². The van der Waals surface area contributed by atoms with Crippen molar-refractivity contribution in [3.63, 3.8) is 0 Å². The summed E-state index contributed by atoms with van der Waals surface area (Å²) in [5.74, 6) is -1.42. The zero-order valence-corrected chi connectivity index (χ0v) is 9.49. The highest BCUT2D eigenvalue weighted by Crippen LogP contribution is 2.12. The standard InChI is InChI=1S/C11H20O4/c1-3-5-6-9(4-2)8-15-11(14)7-10(12)13/h9H,3-8H2,1-2H3,(H,12,13). The van der Waals surface area contributed by atoms with Gasteiger partial charge in [-0.25, -0.2) is 0 Å². The Balaban J connectivity index is 3.69. The van der Waals surface area contributed by atoms with Gasteiger partial charge in [0.2, 0.25) is 0 Å². The fraction of sp³-hybridized carbons (Fsp3) is 0.818. The Hall–Kier alpha value is -1.06. The van der Waals surface area contributed by atoms with Crippen LogP contribution >= 0.6 is 0 Å². The van der Waals surface area contributed by atoms with Gasteiger partial charge in [-0.1, -0.05) is 33.1 Å². The average molecular weight is 216 g/mol. The first kappa shape index (κ1) is 13.9. The number of ether oxygens (including phenoxy) is 1. The first-order valence-electron chi connectivity index (χ1n) is 5.47. The summed E-state index contributed by atoms with van der Waals surface area (Å²) < 4.78 is 4.88. The number of hydrogen-bond acceptors (Lipinski definition) is 3. The van der Waals surface area contributed by atoms with Gasteiger partial charge in [0, 0.05) is 0 Å². The quantitative estimate of drug-likeness (QED) is 0.499. The molecule has 0 aromatic rings. The molecule has 0 saturated heterocycles. The lowest BCUT2D eigenvalue weighted by Gasteiger charge is -2.13. The van der Waals surface area contributed by atoms with Crippen LogP contribution in [0.1, 0.15) is 46.0 Å². The molecular formula is C11H20O4. The maximum atomic E-state index is 10.9. The first-order chi connectivity index (χ1) is 7.10. The van der Waals surface area contributed by atoms with Crippen molar-refractivity contribution < 1.29 is 19.4 Å². The maximum absolute atomic E-state index is 10.9. The molecule has 0 aliphatic carbocycles. The number of hydrogen-bond donors (Lipinski definition) is 1. The summed E-state index contributed by atoms with van der Waals surface area (Å²) in [5, 5.41) is 8.35. The number of unbranched alkanes of at least 4 members (excludes halogenated alkanes) is 1. The van der Waals surface area contributed by atoms with E-state index >= 15 is 0 Å². The second kappa shape index (κ2) is 8.26. The number of carbonyl (C=O) groups is 2. The molecule has 0 aliphatic heterocycles. The molecule has 15 heavy (non-hydrogen) atoms. The largest absolute Gasteiger partial charge is 0.481 e. The van der Waals surface area contributed by atoms with Crippen molar-refractivity contribution in [2.24, 2.45) is 5.92 Å². The van der Waals surface area contributed by atoms with Crippen LogP contribution in [-0.4, -0.2) is 23.7 Å². The van der Waals surface area contributed by atoms with Gasteiger partial charge in [-0.15, -0.1) is 0 Å². The summed E-state index contributed by atoms with van der Waals surface area (Å²) >= 11 is 0. The summed E-state index contributed by atoms with van der Waals surface area (Å²) in [4.78, 5) is 21.1. The number of aliphatic carboxylic acids is 1. The minimum absolute atomic E-state index is 0.350. The van der Waals surface area contributed by atoms with Crippen LogP contribution in [-0.2, 0) is 14.3 Å². The molecule has 0 rings (SSSR count). The first-order valence-corrected chi connectivity index (χ1v) is 5.47. The smallest absolute Gasteiger partial charge is 0.317 e. The number of esters is 1. The SMILES string of the molecule is CCCCC(CC)COC(=O)CC(=O)O. The van der Waals surface area contributed by atoms with Crippen molar-refractivity contribution in [1.82, 2.24) is 0 Å². The average Bonchev–Trinajstić information content (AvgIpc) is 2.17. The summed E-state index contributed by atoms with van der Waals surface area (Å²) in [6.45, 7) is 4.51. The number of carboxylic acids is 1. The van der Waals surface area contributed by atoms with Crippen LogP contribution in [0.5, 0.6) is 0 Å². The van der Waals surface area contributed by atoms with Gasteiger partial charge in [-0.3, -0.25) is 9.59 Å². The minimum Gasteiger partial charge on any atom is -0.481 e. The molecule has 0 bridgehead atoms.